The van der Waals surface area contributed by atoms with Crippen molar-refractivity contribution < 1.29 is 9.59 Å². The van der Waals surface area contributed by atoms with Crippen LogP contribution in [0.4, 0.5) is 0 Å². The van der Waals surface area contributed by atoms with Crippen molar-refractivity contribution in [3.8, 4) is 0 Å². The van der Waals surface area contributed by atoms with Crippen LogP contribution in [-0.2, 0) is 22.4 Å². The molecule has 1 rings (SSSR count). The van der Waals surface area contributed by atoms with Gasteiger partial charge in [0.1, 0.15) is 12.1 Å². The fourth-order valence-corrected chi connectivity index (χ4v) is 2.15. The normalized spacial score (nSPS) is 9.67. The molecule has 0 amide bonds. The lowest BCUT2D eigenvalue weighted by molar-refractivity contribution is -0.117. The summed E-state index contributed by atoms with van der Waals surface area (Å²) >= 11 is 0. The summed E-state index contributed by atoms with van der Waals surface area (Å²) in [6.45, 7) is 5.36. The second-order valence-electron chi connectivity index (χ2n) is 5.42. The van der Waals surface area contributed by atoms with Crippen molar-refractivity contribution in [3.05, 3.63) is 35.4 Å². The predicted molar refractivity (Wildman–Crippen MR) is 89.6 cm³/mol. The smallest absolute Gasteiger partial charge is 0.129 e. The molecule has 0 spiro atoms. The Morgan fingerprint density at radius 1 is 0.952 bits per heavy atom. The number of aldehydes is 1. The first-order valence-corrected chi connectivity index (χ1v) is 8.11. The fraction of sp³-hybridized carbons (Fsp3) is 0.579. The van der Waals surface area contributed by atoms with Crippen molar-refractivity contribution >= 4 is 12.1 Å². The molecule has 0 atom stereocenters. The summed E-state index contributed by atoms with van der Waals surface area (Å²) in [5.41, 5.74) is 2.86. The highest BCUT2D eigenvalue weighted by Gasteiger charge is 1.97. The van der Waals surface area contributed by atoms with Crippen molar-refractivity contribution in [2.24, 2.45) is 0 Å². The van der Waals surface area contributed by atoms with Crippen LogP contribution in [0.1, 0.15) is 70.4 Å². The quantitative estimate of drug-likeness (QED) is 0.477. The van der Waals surface area contributed by atoms with E-state index in [-0.39, 0.29) is 0 Å². The first-order chi connectivity index (χ1) is 10.1. The average molecular weight is 290 g/mol. The van der Waals surface area contributed by atoms with E-state index < -0.39 is 0 Å². The van der Waals surface area contributed by atoms with Gasteiger partial charge in [0, 0.05) is 6.42 Å². The maximum Gasteiger partial charge on any atom is 0.129 e. The van der Waals surface area contributed by atoms with Crippen molar-refractivity contribution in [2.75, 3.05) is 0 Å². The Hall–Kier alpha value is -1.44. The summed E-state index contributed by atoms with van der Waals surface area (Å²) in [4.78, 5) is 19.6. The zero-order chi connectivity index (χ0) is 15.9. The monoisotopic (exact) mass is 290 g/mol. The van der Waals surface area contributed by atoms with E-state index in [9.17, 15) is 4.79 Å². The molecule has 2 heteroatoms. The van der Waals surface area contributed by atoms with E-state index in [0.29, 0.717) is 5.78 Å². The lowest BCUT2D eigenvalue weighted by atomic mass is 10.0. The molecule has 0 aliphatic carbocycles. The number of rotatable bonds is 9. The minimum absolute atomic E-state index is 0.307. The van der Waals surface area contributed by atoms with Crippen molar-refractivity contribution in [3.63, 3.8) is 0 Å². The van der Waals surface area contributed by atoms with Crippen LogP contribution < -0.4 is 0 Å². The van der Waals surface area contributed by atoms with Gasteiger partial charge in [0.2, 0.25) is 0 Å². The summed E-state index contributed by atoms with van der Waals surface area (Å²) in [5.74, 6) is 0.307. The van der Waals surface area contributed by atoms with E-state index in [1.807, 2.05) is 0 Å². The van der Waals surface area contributed by atoms with Gasteiger partial charge in [0.25, 0.3) is 0 Å². The van der Waals surface area contributed by atoms with Crippen molar-refractivity contribution in [2.45, 2.75) is 72.1 Å². The summed E-state index contributed by atoms with van der Waals surface area (Å²) < 4.78 is 0. The number of Topliss-reactive ketones (excluding diaryl/α,β-unsaturated/α-hetero) is 1. The molecule has 118 valence electrons. The Kier molecular flexibility index (Phi) is 12.6. The van der Waals surface area contributed by atoms with Gasteiger partial charge in [-0.1, -0.05) is 44.0 Å². The molecular weight excluding hydrogens is 260 g/mol. The molecule has 0 heterocycles. The second kappa shape index (κ2) is 13.5. The third kappa shape index (κ3) is 12.0. The molecule has 0 fully saturated rings. The molecule has 0 aliphatic heterocycles. The number of carbonyl (C=O) groups is 2. The van der Waals surface area contributed by atoms with Crippen molar-refractivity contribution in [1.29, 1.82) is 0 Å². The molecule has 0 bridgehead atoms. The number of carbonyl (C=O) groups excluding carboxylic acids is 2. The summed E-state index contributed by atoms with van der Waals surface area (Å²) in [5, 5.41) is 0. The molecule has 0 saturated carbocycles. The lowest BCUT2D eigenvalue weighted by Crippen LogP contribution is -1.92. The minimum atomic E-state index is 0.307. The van der Waals surface area contributed by atoms with E-state index in [4.69, 9.17) is 4.79 Å². The first kappa shape index (κ1) is 19.6. The van der Waals surface area contributed by atoms with E-state index in [1.165, 1.54) is 43.7 Å². The maximum absolute atomic E-state index is 10.8. The molecule has 0 N–H and O–H groups in total. The summed E-state index contributed by atoms with van der Waals surface area (Å²) in [6, 6.07) is 9.01. The number of aryl methyl sites for hydroxylation is 2. The zero-order valence-electron chi connectivity index (χ0n) is 13.9. The average Bonchev–Trinajstić information content (AvgIpc) is 2.46. The molecule has 2 nitrogen and oxygen atoms in total. The lowest BCUT2D eigenvalue weighted by Gasteiger charge is -2.04. The number of benzene rings is 1. The van der Waals surface area contributed by atoms with Crippen LogP contribution in [0.5, 0.6) is 0 Å². The second-order valence-corrected chi connectivity index (χ2v) is 5.42. The van der Waals surface area contributed by atoms with E-state index in [0.717, 1.165) is 32.0 Å². The van der Waals surface area contributed by atoms with Crippen LogP contribution in [0, 0.1) is 0 Å². The van der Waals surface area contributed by atoms with Crippen LogP contribution in [0.2, 0.25) is 0 Å². The Balaban J connectivity index is 0.00000122. The van der Waals surface area contributed by atoms with Gasteiger partial charge in [-0.05, 0) is 57.1 Å². The third-order valence-corrected chi connectivity index (χ3v) is 3.34. The highest BCUT2D eigenvalue weighted by Crippen LogP contribution is 2.11. The summed E-state index contributed by atoms with van der Waals surface area (Å²) in [6.07, 6.45) is 9.84. The molecule has 0 unspecified atom stereocenters. The molecule has 0 radical (unpaired) electrons. The number of unbranched alkanes of at least 4 members (excludes halogenated alkanes) is 3. The van der Waals surface area contributed by atoms with Gasteiger partial charge in [0.15, 0.2) is 0 Å². The molecule has 0 aliphatic rings. The molecular formula is C19H30O2. The van der Waals surface area contributed by atoms with E-state index in [1.54, 1.807) is 6.92 Å². The highest BCUT2D eigenvalue weighted by molar-refractivity contribution is 5.75. The predicted octanol–water partition coefficient (Wildman–Crippen LogP) is 4.93. The van der Waals surface area contributed by atoms with Gasteiger partial charge in [0.05, 0.1) is 0 Å². The van der Waals surface area contributed by atoms with Crippen molar-refractivity contribution in [1.82, 2.24) is 0 Å². The van der Waals surface area contributed by atoms with E-state index >= 15 is 0 Å². The van der Waals surface area contributed by atoms with Gasteiger partial charge in [-0.3, -0.25) is 0 Å². The number of ketones is 1. The van der Waals surface area contributed by atoms with Gasteiger partial charge < -0.3 is 9.59 Å². The topological polar surface area (TPSA) is 34.1 Å². The maximum atomic E-state index is 10.8. The molecule has 1 aromatic rings. The van der Waals surface area contributed by atoms with Crippen LogP contribution in [0.3, 0.4) is 0 Å². The third-order valence-electron chi connectivity index (χ3n) is 3.34. The molecule has 1 aromatic carbocycles. The summed E-state index contributed by atoms with van der Waals surface area (Å²) in [7, 11) is 0. The highest BCUT2D eigenvalue weighted by atomic mass is 16.1. The van der Waals surface area contributed by atoms with Gasteiger partial charge in [-0.2, -0.15) is 0 Å². The Labute approximate surface area is 130 Å². The van der Waals surface area contributed by atoms with Crippen LogP contribution >= 0.6 is 0 Å². The Bertz CT molecular complexity index is 379. The first-order valence-electron chi connectivity index (χ1n) is 8.11. The van der Waals surface area contributed by atoms with E-state index in [2.05, 4.69) is 31.2 Å². The standard InChI is InChI=1S/C17H26O.C2H4O/c1-3-4-5-9-16-11-13-17(14-12-16)10-7-6-8-15(2)18;1-2-3/h11-14H,3-10H2,1-2H3;2H,1H3. The SMILES string of the molecule is CC=O.CCCCCc1ccc(CCCCC(C)=O)cc1. The van der Waals surface area contributed by atoms with Gasteiger partial charge in [-0.15, -0.1) is 0 Å². The zero-order valence-corrected chi connectivity index (χ0v) is 13.9. The Morgan fingerprint density at radius 3 is 1.76 bits per heavy atom. The molecule has 0 aromatic heterocycles. The van der Waals surface area contributed by atoms with Crippen LogP contribution in [0.25, 0.3) is 0 Å². The van der Waals surface area contributed by atoms with Gasteiger partial charge in [-0.25, -0.2) is 0 Å². The number of hydrogen-bond acceptors (Lipinski definition) is 2. The Morgan fingerprint density at radius 2 is 1.38 bits per heavy atom. The fourth-order valence-electron chi connectivity index (χ4n) is 2.15. The minimum Gasteiger partial charge on any atom is -0.304 e. The van der Waals surface area contributed by atoms with Crippen LogP contribution in [-0.4, -0.2) is 12.1 Å². The van der Waals surface area contributed by atoms with Crippen LogP contribution in [0.15, 0.2) is 24.3 Å². The van der Waals surface area contributed by atoms with Gasteiger partial charge >= 0.3 is 0 Å². The largest absolute Gasteiger partial charge is 0.304 e. The molecule has 0 saturated heterocycles. The molecule has 21 heavy (non-hydrogen) atoms. The number of hydrogen-bond donors (Lipinski definition) is 0.